The van der Waals surface area contributed by atoms with Gasteiger partial charge in [-0.25, -0.2) is 13.8 Å². The first-order chi connectivity index (χ1) is 15.8. The van der Waals surface area contributed by atoms with Gasteiger partial charge < -0.3 is 15.3 Å². The molecule has 0 saturated carbocycles. The Morgan fingerprint density at radius 1 is 1.21 bits per heavy atom. The molecule has 3 heterocycles. The van der Waals surface area contributed by atoms with Crippen LogP contribution in [-0.2, 0) is 7.05 Å². The third-order valence-corrected chi connectivity index (χ3v) is 5.67. The molecule has 6 nitrogen and oxygen atoms in total. The Balaban J connectivity index is 1.85. The maximum atomic E-state index is 14.7. The highest BCUT2D eigenvalue weighted by atomic mass is 19.1. The summed E-state index contributed by atoms with van der Waals surface area (Å²) in [6.07, 6.45) is 3.00. The van der Waals surface area contributed by atoms with Crippen LogP contribution in [-0.4, -0.2) is 20.4 Å². The Kier molecular flexibility index (Phi) is 5.80. The summed E-state index contributed by atoms with van der Waals surface area (Å²) in [5, 5.41) is 0.610. The molecule has 1 aromatic carbocycles. The minimum atomic E-state index is -0.826. The lowest BCUT2D eigenvalue weighted by molar-refractivity contribution is 0.1000. The van der Waals surface area contributed by atoms with Crippen LogP contribution in [0.1, 0.15) is 45.1 Å². The Morgan fingerprint density at radius 3 is 2.76 bits per heavy atom. The van der Waals surface area contributed by atoms with E-state index in [-0.39, 0.29) is 23.1 Å². The summed E-state index contributed by atoms with van der Waals surface area (Å²) in [5.74, 6) is 3.12. The number of aryl methyl sites for hydroxylation is 1. The molecule has 3 N–H and O–H groups in total. The maximum Gasteiger partial charge on any atom is 0.254 e. The Morgan fingerprint density at radius 2 is 2.00 bits per heavy atom. The minimum absolute atomic E-state index is 0.00507. The van der Waals surface area contributed by atoms with Gasteiger partial charge >= 0.3 is 0 Å². The second kappa shape index (κ2) is 8.71. The Hall–Kier alpha value is -4.25. The Labute approximate surface area is 188 Å². The number of nitrogens with one attached hydrogen (secondary N) is 1. The maximum absolute atomic E-state index is 14.7. The topological polar surface area (TPSA) is 93.8 Å². The molecular weight excluding hydrogens is 426 g/mol. The minimum Gasteiger partial charge on any atom is -0.366 e. The molecule has 1 amide bonds. The smallest absolute Gasteiger partial charge is 0.254 e. The Bertz CT molecular complexity index is 1510. The summed E-state index contributed by atoms with van der Waals surface area (Å²) in [5.41, 5.74) is 7.27. The van der Waals surface area contributed by atoms with Crippen LogP contribution < -0.4 is 11.3 Å². The third-order valence-electron chi connectivity index (χ3n) is 5.67. The van der Waals surface area contributed by atoms with Crippen LogP contribution in [0.5, 0.6) is 0 Å². The molecule has 0 aliphatic carbocycles. The number of carbonyl (C=O) groups is 1. The highest BCUT2D eigenvalue weighted by molar-refractivity contribution is 6.00. The van der Waals surface area contributed by atoms with Crippen LogP contribution in [0.25, 0.3) is 11.0 Å². The predicted octanol–water partition coefficient (Wildman–Crippen LogP) is 3.52. The SMILES string of the molecule is Cc1ccc(C(CC#Cc2c(C(N)=O)cnc3[nH]ccc23)c2cc(F)ccc2F)c(=O)n1C. The number of nitrogens with two attached hydrogens (primary N) is 1. The van der Waals surface area contributed by atoms with Crippen LogP contribution in [0.3, 0.4) is 0 Å². The fourth-order valence-corrected chi connectivity index (χ4v) is 3.75. The molecule has 0 aliphatic rings. The van der Waals surface area contributed by atoms with Crippen molar-refractivity contribution in [1.82, 2.24) is 14.5 Å². The van der Waals surface area contributed by atoms with Crippen LogP contribution in [0.2, 0.25) is 0 Å². The molecular formula is C25H20F2N4O2. The molecule has 0 radical (unpaired) electrons. The van der Waals surface area contributed by atoms with Crippen LogP contribution >= 0.6 is 0 Å². The van der Waals surface area contributed by atoms with Crippen LogP contribution in [0.15, 0.2) is 53.6 Å². The zero-order valence-electron chi connectivity index (χ0n) is 17.9. The van der Waals surface area contributed by atoms with Crippen molar-refractivity contribution in [3.8, 4) is 11.8 Å². The van der Waals surface area contributed by atoms with Gasteiger partial charge in [-0.2, -0.15) is 0 Å². The van der Waals surface area contributed by atoms with Gasteiger partial charge in [-0.3, -0.25) is 9.59 Å². The summed E-state index contributed by atoms with van der Waals surface area (Å²) < 4.78 is 30.1. The number of H-pyrrole nitrogens is 1. The number of pyridine rings is 2. The van der Waals surface area contributed by atoms with E-state index in [0.717, 1.165) is 23.9 Å². The second-order valence-corrected chi connectivity index (χ2v) is 7.67. The third kappa shape index (κ3) is 4.13. The summed E-state index contributed by atoms with van der Waals surface area (Å²) in [7, 11) is 1.62. The number of amides is 1. The zero-order chi connectivity index (χ0) is 23.7. The van der Waals surface area contributed by atoms with E-state index in [0.29, 0.717) is 22.2 Å². The largest absolute Gasteiger partial charge is 0.366 e. The predicted molar refractivity (Wildman–Crippen MR) is 121 cm³/mol. The van der Waals surface area contributed by atoms with Gasteiger partial charge in [-0.1, -0.05) is 17.9 Å². The molecule has 8 heteroatoms. The molecule has 0 spiro atoms. The van der Waals surface area contributed by atoms with E-state index in [9.17, 15) is 18.4 Å². The van der Waals surface area contributed by atoms with E-state index in [1.807, 2.05) is 0 Å². The lowest BCUT2D eigenvalue weighted by Gasteiger charge is -2.17. The number of nitrogens with zero attached hydrogens (tertiary/aromatic N) is 2. The first-order valence-electron chi connectivity index (χ1n) is 10.1. The van der Waals surface area contributed by atoms with E-state index >= 15 is 0 Å². The fourth-order valence-electron chi connectivity index (χ4n) is 3.75. The summed E-state index contributed by atoms with van der Waals surface area (Å²) in [4.78, 5) is 31.9. The first kappa shape index (κ1) is 22.0. The number of hydrogen-bond donors (Lipinski definition) is 2. The lowest BCUT2D eigenvalue weighted by Crippen LogP contribution is -2.25. The van der Waals surface area contributed by atoms with Crippen LogP contribution in [0, 0.1) is 30.4 Å². The summed E-state index contributed by atoms with van der Waals surface area (Å²) >= 11 is 0. The number of halogens is 2. The van der Waals surface area contributed by atoms with Crippen molar-refractivity contribution in [3.63, 3.8) is 0 Å². The van der Waals surface area contributed by atoms with E-state index in [1.165, 1.54) is 10.8 Å². The van der Waals surface area contributed by atoms with Gasteiger partial charge in [0.05, 0.1) is 5.56 Å². The number of benzene rings is 1. The molecule has 0 fully saturated rings. The van der Waals surface area contributed by atoms with Crippen molar-refractivity contribution in [2.24, 2.45) is 12.8 Å². The molecule has 3 aromatic heterocycles. The molecule has 166 valence electrons. The summed E-state index contributed by atoms with van der Waals surface area (Å²) in [6.45, 7) is 1.78. The quantitative estimate of drug-likeness (QED) is 0.470. The number of aromatic nitrogens is 3. The van der Waals surface area contributed by atoms with Gasteiger partial charge in [0.1, 0.15) is 17.3 Å². The van der Waals surface area contributed by atoms with Crippen molar-refractivity contribution in [2.45, 2.75) is 19.3 Å². The molecule has 0 saturated heterocycles. The van der Waals surface area contributed by atoms with E-state index in [4.69, 9.17) is 5.73 Å². The molecule has 1 atom stereocenters. The molecule has 1 unspecified atom stereocenters. The van der Waals surface area contributed by atoms with Gasteiger partial charge in [-0.05, 0) is 42.8 Å². The number of rotatable bonds is 4. The van der Waals surface area contributed by atoms with E-state index < -0.39 is 23.5 Å². The fraction of sp³-hybridized carbons (Fsp3) is 0.160. The lowest BCUT2D eigenvalue weighted by atomic mass is 9.88. The van der Waals surface area contributed by atoms with Crippen LogP contribution in [0.4, 0.5) is 8.78 Å². The molecule has 0 bridgehead atoms. The van der Waals surface area contributed by atoms with Gasteiger partial charge in [-0.15, -0.1) is 0 Å². The second-order valence-electron chi connectivity index (χ2n) is 7.67. The number of aromatic amines is 1. The first-order valence-corrected chi connectivity index (χ1v) is 10.1. The van der Waals surface area contributed by atoms with Gasteiger partial charge in [0.25, 0.3) is 11.5 Å². The summed E-state index contributed by atoms with van der Waals surface area (Å²) in [6, 6.07) is 8.20. The average Bonchev–Trinajstić information content (AvgIpc) is 3.27. The number of fused-ring (bicyclic) bond motifs is 1. The highest BCUT2D eigenvalue weighted by Gasteiger charge is 2.22. The standard InChI is InChI=1S/C25H20F2N4O2/c1-14-6-8-19(25(33)31(14)2)17(20-12-15(26)7-9-22(20)27)5-3-4-16-18-10-11-29-24(18)30-13-21(16)23(28)32/h6-13,17H,5H2,1-2H3,(H2,28,32)(H,29,30). The number of hydrogen-bond acceptors (Lipinski definition) is 3. The molecule has 4 rings (SSSR count). The normalized spacial score (nSPS) is 11.8. The van der Waals surface area contributed by atoms with Crippen molar-refractivity contribution in [3.05, 3.63) is 98.7 Å². The zero-order valence-corrected chi connectivity index (χ0v) is 17.9. The number of primary amides is 1. The van der Waals surface area contributed by atoms with Crippen molar-refractivity contribution in [1.29, 1.82) is 0 Å². The van der Waals surface area contributed by atoms with E-state index in [1.54, 1.807) is 38.4 Å². The monoisotopic (exact) mass is 446 g/mol. The number of carbonyl (C=O) groups excluding carboxylic acids is 1. The van der Waals surface area contributed by atoms with Crippen molar-refractivity contribution in [2.75, 3.05) is 0 Å². The van der Waals surface area contributed by atoms with Crippen molar-refractivity contribution >= 4 is 16.9 Å². The van der Waals surface area contributed by atoms with Gasteiger partial charge in [0.2, 0.25) is 0 Å². The van der Waals surface area contributed by atoms with Crippen molar-refractivity contribution < 1.29 is 13.6 Å². The van der Waals surface area contributed by atoms with E-state index in [2.05, 4.69) is 21.8 Å². The molecule has 0 aliphatic heterocycles. The highest BCUT2D eigenvalue weighted by Crippen LogP contribution is 2.29. The van der Waals surface area contributed by atoms with Gasteiger partial charge in [0, 0.05) is 54.0 Å². The molecule has 33 heavy (non-hydrogen) atoms. The average molecular weight is 446 g/mol. The molecule has 4 aromatic rings. The van der Waals surface area contributed by atoms with Gasteiger partial charge in [0.15, 0.2) is 0 Å².